The maximum atomic E-state index is 13.8. The van der Waals surface area contributed by atoms with Gasteiger partial charge < -0.3 is 9.64 Å². The number of aromatic nitrogens is 1. The van der Waals surface area contributed by atoms with Crippen molar-refractivity contribution in [3.05, 3.63) is 95.1 Å². The van der Waals surface area contributed by atoms with Crippen LogP contribution >= 0.6 is 22.9 Å². The van der Waals surface area contributed by atoms with Crippen molar-refractivity contribution in [2.45, 2.75) is 52.7 Å². The highest BCUT2D eigenvalue weighted by atomic mass is 35.5. The topological polar surface area (TPSA) is 63.9 Å². The molecule has 1 atom stereocenters. The highest BCUT2D eigenvalue weighted by molar-refractivity contribution is 7.07. The van der Waals surface area contributed by atoms with E-state index >= 15 is 0 Å². The fraction of sp³-hybridized carbons (Fsp3) is 0.345. The van der Waals surface area contributed by atoms with E-state index in [1.807, 2.05) is 18.2 Å². The predicted molar refractivity (Wildman–Crippen MR) is 149 cm³/mol. The van der Waals surface area contributed by atoms with E-state index in [9.17, 15) is 9.59 Å². The lowest BCUT2D eigenvalue weighted by Crippen LogP contribution is -2.40. The Hall–Kier alpha value is -3.16. The van der Waals surface area contributed by atoms with Gasteiger partial charge >= 0.3 is 5.97 Å². The Labute approximate surface area is 225 Å². The molecule has 2 aliphatic heterocycles. The van der Waals surface area contributed by atoms with Crippen LogP contribution in [-0.4, -0.2) is 29.7 Å². The van der Waals surface area contributed by atoms with Gasteiger partial charge in [0.25, 0.3) is 5.56 Å². The van der Waals surface area contributed by atoms with E-state index in [0.717, 1.165) is 24.2 Å². The Morgan fingerprint density at radius 1 is 1.14 bits per heavy atom. The summed E-state index contributed by atoms with van der Waals surface area (Å²) in [5.41, 5.74) is 4.90. The number of rotatable bonds is 5. The summed E-state index contributed by atoms with van der Waals surface area (Å²) in [5.74, 6) is -0.474. The van der Waals surface area contributed by atoms with Gasteiger partial charge in [-0.1, -0.05) is 41.1 Å². The smallest absolute Gasteiger partial charge is 0.338 e. The summed E-state index contributed by atoms with van der Waals surface area (Å²) in [6.45, 7) is 9.68. The number of anilines is 1. The molecule has 192 valence electrons. The maximum Gasteiger partial charge on any atom is 0.338 e. The third kappa shape index (κ3) is 5.03. The molecule has 5 rings (SSSR count). The van der Waals surface area contributed by atoms with Crippen molar-refractivity contribution in [3.63, 3.8) is 0 Å². The highest BCUT2D eigenvalue weighted by Crippen LogP contribution is 2.31. The molecule has 0 saturated carbocycles. The maximum absolute atomic E-state index is 13.8. The van der Waals surface area contributed by atoms with Gasteiger partial charge in [-0.15, -0.1) is 0 Å². The number of benzene rings is 2. The minimum atomic E-state index is -0.652. The van der Waals surface area contributed by atoms with Gasteiger partial charge in [-0.2, -0.15) is 0 Å². The van der Waals surface area contributed by atoms with Crippen LogP contribution in [-0.2, 0) is 9.53 Å². The van der Waals surface area contributed by atoms with E-state index in [2.05, 4.69) is 35.0 Å². The lowest BCUT2D eigenvalue weighted by Gasteiger charge is -2.25. The largest absolute Gasteiger partial charge is 0.459 e. The fourth-order valence-corrected chi connectivity index (χ4v) is 6.23. The van der Waals surface area contributed by atoms with Gasteiger partial charge in [0.15, 0.2) is 4.80 Å². The number of carbonyl (C=O) groups is 1. The number of allylic oxidation sites excluding steroid dienone is 1. The number of carbonyl (C=O) groups excluding carboxylic acids is 1. The first-order chi connectivity index (χ1) is 17.7. The third-order valence-corrected chi connectivity index (χ3v) is 7.97. The SMILES string of the molecule is CC1=C(C(=O)OC(C)C)[C@@H](c2ccc(Cl)cc2)n2c(s/c(=C/c3ccc(N4CCCC4)c(C)c3)c2=O)=N1. The molecule has 0 bridgehead atoms. The van der Waals surface area contributed by atoms with Crippen molar-refractivity contribution in [3.8, 4) is 0 Å². The quantitative estimate of drug-likeness (QED) is 0.442. The van der Waals surface area contributed by atoms with Crippen molar-refractivity contribution in [1.29, 1.82) is 0 Å². The number of fused-ring (bicyclic) bond motifs is 1. The lowest BCUT2D eigenvalue weighted by molar-refractivity contribution is -0.143. The molecule has 3 heterocycles. The standard InChI is InChI=1S/C29H30ClN3O3S/c1-17(2)36-28(35)25-19(4)31-29-33(26(25)21-8-10-22(30)11-9-21)27(34)24(37-29)16-20-7-12-23(18(3)15-20)32-13-5-6-14-32/h7-12,15-17,26H,5-6,13-14H2,1-4H3/b24-16+/t26-/m1/s1. The van der Waals surface area contributed by atoms with Crippen LogP contribution < -0.4 is 19.8 Å². The Morgan fingerprint density at radius 2 is 1.84 bits per heavy atom. The first-order valence-corrected chi connectivity index (χ1v) is 13.8. The van der Waals surface area contributed by atoms with Gasteiger partial charge in [-0.3, -0.25) is 9.36 Å². The molecule has 2 aromatic carbocycles. The number of halogens is 1. The van der Waals surface area contributed by atoms with Gasteiger partial charge in [0, 0.05) is 23.8 Å². The Kier molecular flexibility index (Phi) is 7.10. The van der Waals surface area contributed by atoms with E-state index in [1.165, 1.54) is 35.4 Å². The number of aryl methyl sites for hydroxylation is 1. The van der Waals surface area contributed by atoms with Crippen molar-refractivity contribution in [2.24, 2.45) is 4.99 Å². The fourth-order valence-electron chi connectivity index (χ4n) is 5.05. The molecule has 1 saturated heterocycles. The van der Waals surface area contributed by atoms with Crippen LogP contribution in [0.25, 0.3) is 6.08 Å². The molecule has 2 aliphatic rings. The molecule has 0 spiro atoms. The first-order valence-electron chi connectivity index (χ1n) is 12.6. The van der Waals surface area contributed by atoms with Crippen LogP contribution in [0.3, 0.4) is 0 Å². The number of ether oxygens (including phenoxy) is 1. The number of nitrogens with zero attached hydrogens (tertiary/aromatic N) is 3. The minimum absolute atomic E-state index is 0.188. The zero-order chi connectivity index (χ0) is 26.3. The van der Waals surface area contributed by atoms with Gasteiger partial charge in [0.1, 0.15) is 0 Å². The van der Waals surface area contributed by atoms with Crippen molar-refractivity contribution < 1.29 is 9.53 Å². The van der Waals surface area contributed by atoms with Crippen molar-refractivity contribution in [2.75, 3.05) is 18.0 Å². The Bertz CT molecular complexity index is 1560. The summed E-state index contributed by atoms with van der Waals surface area (Å²) in [7, 11) is 0. The molecule has 1 fully saturated rings. The van der Waals surface area contributed by atoms with Crippen LogP contribution in [0, 0.1) is 6.92 Å². The second kappa shape index (κ2) is 10.3. The highest BCUT2D eigenvalue weighted by Gasteiger charge is 2.33. The molecule has 8 heteroatoms. The molecule has 3 aromatic rings. The van der Waals surface area contributed by atoms with Crippen LogP contribution in [0.4, 0.5) is 5.69 Å². The minimum Gasteiger partial charge on any atom is -0.459 e. The summed E-state index contributed by atoms with van der Waals surface area (Å²) in [6.07, 6.45) is 4.07. The molecule has 0 aliphatic carbocycles. The van der Waals surface area contributed by atoms with E-state index < -0.39 is 12.0 Å². The monoisotopic (exact) mass is 535 g/mol. The summed E-state index contributed by atoms with van der Waals surface area (Å²) >= 11 is 7.47. The van der Waals surface area contributed by atoms with Gasteiger partial charge in [0.05, 0.1) is 27.9 Å². The summed E-state index contributed by atoms with van der Waals surface area (Å²) < 4.78 is 7.73. The van der Waals surface area contributed by atoms with Crippen LogP contribution in [0.15, 0.2) is 63.5 Å². The van der Waals surface area contributed by atoms with E-state index in [1.54, 1.807) is 37.5 Å². The van der Waals surface area contributed by atoms with Gasteiger partial charge in [0.2, 0.25) is 0 Å². The van der Waals surface area contributed by atoms with E-state index in [4.69, 9.17) is 16.3 Å². The number of thiazole rings is 1. The zero-order valence-electron chi connectivity index (χ0n) is 21.5. The third-order valence-electron chi connectivity index (χ3n) is 6.74. The molecule has 0 radical (unpaired) electrons. The van der Waals surface area contributed by atoms with E-state index in [-0.39, 0.29) is 11.7 Å². The molecule has 37 heavy (non-hydrogen) atoms. The average Bonchev–Trinajstić information content (AvgIpc) is 3.47. The van der Waals surface area contributed by atoms with Crippen LogP contribution in [0.2, 0.25) is 5.02 Å². The summed E-state index contributed by atoms with van der Waals surface area (Å²) in [6, 6.07) is 12.9. The van der Waals surface area contributed by atoms with E-state index in [0.29, 0.717) is 25.6 Å². The van der Waals surface area contributed by atoms with Gasteiger partial charge in [-0.25, -0.2) is 9.79 Å². The predicted octanol–water partition coefficient (Wildman–Crippen LogP) is 4.75. The second-order valence-corrected chi connectivity index (χ2v) is 11.3. The van der Waals surface area contributed by atoms with Crippen molar-refractivity contribution >= 4 is 40.7 Å². The summed E-state index contributed by atoms with van der Waals surface area (Å²) in [5, 5.41) is 0.580. The average molecular weight is 536 g/mol. The van der Waals surface area contributed by atoms with Crippen LogP contribution in [0.5, 0.6) is 0 Å². The molecule has 0 amide bonds. The molecule has 1 aromatic heterocycles. The summed E-state index contributed by atoms with van der Waals surface area (Å²) in [4.78, 5) is 34.6. The molecule has 0 unspecified atom stereocenters. The first kappa shape index (κ1) is 25.5. The van der Waals surface area contributed by atoms with Crippen LogP contribution in [0.1, 0.15) is 56.3 Å². The normalized spacial score (nSPS) is 17.8. The molecule has 6 nitrogen and oxygen atoms in total. The number of hydrogen-bond donors (Lipinski definition) is 0. The number of hydrogen-bond acceptors (Lipinski definition) is 6. The Morgan fingerprint density at radius 3 is 2.49 bits per heavy atom. The number of esters is 1. The second-order valence-electron chi connectivity index (χ2n) is 9.83. The molecular weight excluding hydrogens is 506 g/mol. The Balaban J connectivity index is 1.62. The zero-order valence-corrected chi connectivity index (χ0v) is 23.0. The molecule has 0 N–H and O–H groups in total. The lowest BCUT2D eigenvalue weighted by atomic mass is 9.96. The molecular formula is C29H30ClN3O3S. The van der Waals surface area contributed by atoms with Crippen molar-refractivity contribution in [1.82, 2.24) is 4.57 Å². The van der Waals surface area contributed by atoms with Gasteiger partial charge in [-0.05, 0) is 87.6 Å².